The Morgan fingerprint density at radius 1 is 1.06 bits per heavy atom. The van der Waals surface area contributed by atoms with Gasteiger partial charge in [0.15, 0.2) is 0 Å². The number of hydrogen-bond donors (Lipinski definition) is 1. The highest BCUT2D eigenvalue weighted by Crippen LogP contribution is 2.19. The zero-order valence-electron chi connectivity index (χ0n) is 9.51. The van der Waals surface area contributed by atoms with Gasteiger partial charge in [-0.15, -0.1) is 0 Å². The van der Waals surface area contributed by atoms with E-state index < -0.39 is 17.7 Å². The molecule has 0 radical (unpaired) electrons. The molecule has 0 spiro atoms. The lowest BCUT2D eigenvalue weighted by atomic mass is 10.1. The summed E-state index contributed by atoms with van der Waals surface area (Å²) >= 11 is 0. The maximum Gasteiger partial charge on any atom is 0.129 e. The first-order valence-electron chi connectivity index (χ1n) is 5.47. The van der Waals surface area contributed by atoms with Crippen LogP contribution in [0.15, 0.2) is 48.5 Å². The van der Waals surface area contributed by atoms with Crippen molar-refractivity contribution in [3.8, 4) is 5.75 Å². The van der Waals surface area contributed by atoms with Gasteiger partial charge in [-0.1, -0.05) is 24.3 Å². The molecule has 1 atom stereocenters. The molecule has 94 valence electrons. The number of aliphatic hydroxyl groups excluding tert-OH is 1. The maximum atomic E-state index is 13.4. The summed E-state index contributed by atoms with van der Waals surface area (Å²) in [5, 5.41) is 9.77. The lowest BCUT2D eigenvalue weighted by molar-refractivity contribution is 0.105. The smallest absolute Gasteiger partial charge is 0.129 e. The van der Waals surface area contributed by atoms with Gasteiger partial charge in [-0.05, 0) is 18.2 Å². The van der Waals surface area contributed by atoms with Gasteiger partial charge in [0.1, 0.15) is 30.1 Å². The number of rotatable bonds is 4. The summed E-state index contributed by atoms with van der Waals surface area (Å²) in [5.41, 5.74) is 0.161. The minimum atomic E-state index is -1.09. The van der Waals surface area contributed by atoms with Gasteiger partial charge < -0.3 is 9.84 Å². The first kappa shape index (κ1) is 12.5. The summed E-state index contributed by atoms with van der Waals surface area (Å²) in [6.45, 7) is -0.135. The van der Waals surface area contributed by atoms with Crippen LogP contribution in [0, 0.1) is 11.6 Å². The van der Waals surface area contributed by atoms with E-state index in [0.29, 0.717) is 5.75 Å². The molecule has 0 aliphatic heterocycles. The average molecular weight is 250 g/mol. The minimum absolute atomic E-state index is 0.135. The SMILES string of the molecule is OC(COc1cccc(F)c1)c1ccccc1F. The number of aliphatic hydroxyl groups is 1. The Kier molecular flexibility index (Phi) is 3.89. The molecule has 18 heavy (non-hydrogen) atoms. The summed E-state index contributed by atoms with van der Waals surface area (Å²) in [5.74, 6) is -0.619. The van der Waals surface area contributed by atoms with Crippen molar-refractivity contribution >= 4 is 0 Å². The van der Waals surface area contributed by atoms with Crippen LogP contribution in [-0.4, -0.2) is 11.7 Å². The molecule has 0 aliphatic carbocycles. The van der Waals surface area contributed by atoms with Gasteiger partial charge >= 0.3 is 0 Å². The van der Waals surface area contributed by atoms with Gasteiger partial charge in [0.2, 0.25) is 0 Å². The molecule has 1 N–H and O–H groups in total. The van der Waals surface area contributed by atoms with Gasteiger partial charge in [-0.2, -0.15) is 0 Å². The van der Waals surface area contributed by atoms with Crippen molar-refractivity contribution in [1.82, 2.24) is 0 Å². The van der Waals surface area contributed by atoms with E-state index >= 15 is 0 Å². The van der Waals surface area contributed by atoms with Crippen molar-refractivity contribution in [3.63, 3.8) is 0 Å². The molecule has 0 saturated heterocycles. The van der Waals surface area contributed by atoms with Gasteiger partial charge in [0.05, 0.1) is 0 Å². The standard InChI is InChI=1S/C14H12F2O2/c15-10-4-3-5-11(8-10)18-9-14(17)12-6-1-2-7-13(12)16/h1-8,14,17H,9H2. The van der Waals surface area contributed by atoms with Crippen molar-refractivity contribution in [3.05, 3.63) is 65.7 Å². The summed E-state index contributed by atoms with van der Waals surface area (Å²) in [7, 11) is 0. The van der Waals surface area contributed by atoms with Gasteiger partial charge in [0, 0.05) is 11.6 Å². The summed E-state index contributed by atoms with van der Waals surface area (Å²) in [4.78, 5) is 0. The molecule has 0 amide bonds. The van der Waals surface area contributed by atoms with Crippen LogP contribution >= 0.6 is 0 Å². The second-order valence-corrected chi connectivity index (χ2v) is 3.81. The normalized spacial score (nSPS) is 12.2. The third kappa shape index (κ3) is 3.05. The van der Waals surface area contributed by atoms with Crippen LogP contribution < -0.4 is 4.74 Å². The second-order valence-electron chi connectivity index (χ2n) is 3.81. The molecular weight excluding hydrogens is 238 g/mol. The fraction of sp³-hybridized carbons (Fsp3) is 0.143. The fourth-order valence-electron chi connectivity index (χ4n) is 1.57. The number of hydrogen-bond acceptors (Lipinski definition) is 2. The van der Waals surface area contributed by atoms with Crippen molar-refractivity contribution in [2.75, 3.05) is 6.61 Å². The topological polar surface area (TPSA) is 29.5 Å². The highest BCUT2D eigenvalue weighted by atomic mass is 19.1. The van der Waals surface area contributed by atoms with Crippen molar-refractivity contribution in [2.45, 2.75) is 6.10 Å². The molecule has 1 unspecified atom stereocenters. The molecule has 2 aromatic carbocycles. The molecule has 0 fully saturated rings. The van der Waals surface area contributed by atoms with E-state index in [4.69, 9.17) is 4.74 Å². The highest BCUT2D eigenvalue weighted by Gasteiger charge is 2.12. The quantitative estimate of drug-likeness (QED) is 0.903. The highest BCUT2D eigenvalue weighted by molar-refractivity contribution is 5.23. The molecule has 0 aromatic heterocycles. The lowest BCUT2D eigenvalue weighted by Crippen LogP contribution is -2.11. The largest absolute Gasteiger partial charge is 0.490 e. The van der Waals surface area contributed by atoms with Crippen LogP contribution in [-0.2, 0) is 0 Å². The molecule has 2 nitrogen and oxygen atoms in total. The van der Waals surface area contributed by atoms with Crippen LogP contribution in [0.5, 0.6) is 5.75 Å². The first-order chi connectivity index (χ1) is 8.66. The molecule has 0 heterocycles. The molecule has 0 aliphatic rings. The lowest BCUT2D eigenvalue weighted by Gasteiger charge is -2.13. The Labute approximate surface area is 103 Å². The Balaban J connectivity index is 2.00. The summed E-state index contributed by atoms with van der Waals surface area (Å²) in [6.07, 6.45) is -1.09. The fourth-order valence-corrected chi connectivity index (χ4v) is 1.57. The zero-order chi connectivity index (χ0) is 13.0. The van der Waals surface area contributed by atoms with E-state index in [1.807, 2.05) is 0 Å². The van der Waals surface area contributed by atoms with Crippen LogP contribution in [0.3, 0.4) is 0 Å². The van der Waals surface area contributed by atoms with E-state index in [0.717, 1.165) is 0 Å². The Bertz CT molecular complexity index is 529. The number of benzene rings is 2. The molecule has 0 bridgehead atoms. The average Bonchev–Trinajstić information content (AvgIpc) is 2.37. The Morgan fingerprint density at radius 3 is 2.56 bits per heavy atom. The van der Waals surface area contributed by atoms with Crippen molar-refractivity contribution in [1.29, 1.82) is 0 Å². The summed E-state index contributed by atoms with van der Waals surface area (Å²) < 4.78 is 31.4. The Hall–Kier alpha value is -1.94. The maximum absolute atomic E-state index is 13.4. The summed E-state index contributed by atoms with van der Waals surface area (Å²) in [6, 6.07) is 11.5. The van der Waals surface area contributed by atoms with Crippen LogP contribution in [0.4, 0.5) is 8.78 Å². The third-order valence-electron chi connectivity index (χ3n) is 2.47. The van der Waals surface area contributed by atoms with Crippen LogP contribution in [0.2, 0.25) is 0 Å². The van der Waals surface area contributed by atoms with Crippen molar-refractivity contribution < 1.29 is 18.6 Å². The second kappa shape index (κ2) is 5.60. The van der Waals surface area contributed by atoms with E-state index in [2.05, 4.69) is 0 Å². The van der Waals surface area contributed by atoms with Gasteiger partial charge in [-0.25, -0.2) is 8.78 Å². The van der Waals surface area contributed by atoms with Crippen LogP contribution in [0.1, 0.15) is 11.7 Å². The molecule has 2 rings (SSSR count). The minimum Gasteiger partial charge on any atom is -0.490 e. The van der Waals surface area contributed by atoms with E-state index in [9.17, 15) is 13.9 Å². The predicted octanol–water partition coefficient (Wildman–Crippen LogP) is 3.08. The number of halogens is 2. The van der Waals surface area contributed by atoms with Gasteiger partial charge in [0.25, 0.3) is 0 Å². The molecule has 4 heteroatoms. The zero-order valence-corrected chi connectivity index (χ0v) is 9.51. The molecular formula is C14H12F2O2. The van der Waals surface area contributed by atoms with Gasteiger partial charge in [-0.3, -0.25) is 0 Å². The Morgan fingerprint density at radius 2 is 1.83 bits per heavy atom. The van der Waals surface area contributed by atoms with Crippen LogP contribution in [0.25, 0.3) is 0 Å². The third-order valence-corrected chi connectivity index (χ3v) is 2.47. The molecule has 0 saturated carbocycles. The van der Waals surface area contributed by atoms with E-state index in [-0.39, 0.29) is 12.2 Å². The first-order valence-corrected chi connectivity index (χ1v) is 5.47. The van der Waals surface area contributed by atoms with Crippen molar-refractivity contribution in [2.24, 2.45) is 0 Å². The van der Waals surface area contributed by atoms with E-state index in [1.165, 1.54) is 30.3 Å². The van der Waals surface area contributed by atoms with E-state index in [1.54, 1.807) is 18.2 Å². The molecule has 2 aromatic rings. The number of ether oxygens (including phenoxy) is 1. The monoisotopic (exact) mass is 250 g/mol. The predicted molar refractivity (Wildman–Crippen MR) is 63.3 cm³/mol.